The number of hydrogen-bond acceptors (Lipinski definition) is 5. The van der Waals surface area contributed by atoms with Gasteiger partial charge in [-0.25, -0.2) is 0 Å². The van der Waals surface area contributed by atoms with Crippen LogP contribution in [0.4, 0.5) is 0 Å². The van der Waals surface area contributed by atoms with Gasteiger partial charge >= 0.3 is 0 Å². The van der Waals surface area contributed by atoms with Crippen molar-refractivity contribution < 1.29 is 9.53 Å². The number of fused-ring (bicyclic) bond motifs is 1. The highest BCUT2D eigenvalue weighted by atomic mass is 16.5. The van der Waals surface area contributed by atoms with E-state index in [0.717, 1.165) is 77.5 Å². The molecule has 3 aromatic carbocycles. The van der Waals surface area contributed by atoms with Gasteiger partial charge in [-0.2, -0.15) is 0 Å². The number of amides is 1. The van der Waals surface area contributed by atoms with E-state index in [2.05, 4.69) is 88.7 Å². The van der Waals surface area contributed by atoms with Gasteiger partial charge in [0, 0.05) is 87.6 Å². The first-order valence-electron chi connectivity index (χ1n) is 16.3. The van der Waals surface area contributed by atoms with Gasteiger partial charge in [-0.05, 0) is 87.8 Å². The third-order valence-electron chi connectivity index (χ3n) is 9.60. The lowest BCUT2D eigenvalue weighted by molar-refractivity contribution is 0.0638. The Labute approximate surface area is 262 Å². The summed E-state index contributed by atoms with van der Waals surface area (Å²) >= 11 is 0. The number of rotatable bonds is 10. The smallest absolute Gasteiger partial charge is 0.254 e. The van der Waals surface area contributed by atoms with Gasteiger partial charge in [0.2, 0.25) is 0 Å². The van der Waals surface area contributed by atoms with Gasteiger partial charge in [-0.1, -0.05) is 36.4 Å². The molecule has 1 aromatic heterocycles. The number of likely N-dealkylation sites (N-methyl/N-ethyl adjacent to an activating group) is 1. The molecule has 2 aliphatic rings. The fourth-order valence-corrected chi connectivity index (χ4v) is 6.62. The molecule has 0 saturated carbocycles. The number of hydrogen-bond donors (Lipinski definition) is 0. The monoisotopic (exact) mass is 593 g/mol. The van der Waals surface area contributed by atoms with E-state index in [4.69, 9.17) is 4.74 Å². The molecule has 2 saturated heterocycles. The van der Waals surface area contributed by atoms with Crippen molar-refractivity contribution in [1.82, 2.24) is 24.2 Å². The van der Waals surface area contributed by atoms with Crippen LogP contribution in [0.1, 0.15) is 33.6 Å². The molecular weight excluding hydrogens is 546 g/mol. The third-order valence-corrected chi connectivity index (χ3v) is 9.60. The summed E-state index contributed by atoms with van der Waals surface area (Å²) in [6.45, 7) is 15.6. The second-order valence-corrected chi connectivity index (χ2v) is 12.5. The van der Waals surface area contributed by atoms with Gasteiger partial charge in [-0.3, -0.25) is 9.69 Å². The lowest BCUT2D eigenvalue weighted by Gasteiger charge is -2.34. The Hall–Kier alpha value is -3.65. The number of ether oxygens (including phenoxy) is 1. The Morgan fingerprint density at radius 1 is 0.727 bits per heavy atom. The van der Waals surface area contributed by atoms with Crippen molar-refractivity contribution in [2.24, 2.45) is 0 Å². The lowest BCUT2D eigenvalue weighted by atomic mass is 10.1. The number of aryl methyl sites for hydroxylation is 2. The maximum atomic E-state index is 13.4. The van der Waals surface area contributed by atoms with Crippen LogP contribution in [0.2, 0.25) is 0 Å². The molecule has 1 amide bonds. The molecule has 0 spiro atoms. The minimum Gasteiger partial charge on any atom is -0.457 e. The van der Waals surface area contributed by atoms with Gasteiger partial charge in [0.25, 0.3) is 5.91 Å². The van der Waals surface area contributed by atoms with Crippen LogP contribution in [0.25, 0.3) is 10.9 Å². The molecule has 0 bridgehead atoms. The van der Waals surface area contributed by atoms with E-state index in [1.165, 1.54) is 40.8 Å². The van der Waals surface area contributed by atoms with E-state index in [0.29, 0.717) is 11.3 Å². The van der Waals surface area contributed by atoms with E-state index in [1.807, 2.05) is 29.2 Å². The standard InChI is InChI=1S/C37H47N5O2/c1-29-30(2)42(17-8-16-39-21-19-38(3)20-22-39)36-14-13-34(28-35(29)36)44-33-12-7-11-32(27-33)37(43)41-25-23-40(24-26-41)18-15-31-9-5-4-6-10-31/h4-7,9-14,27-28H,8,15-26H2,1-3H3. The van der Waals surface area contributed by atoms with E-state index in [9.17, 15) is 4.79 Å². The molecule has 7 nitrogen and oxygen atoms in total. The summed E-state index contributed by atoms with van der Waals surface area (Å²) in [5, 5.41) is 1.23. The number of nitrogens with zero attached hydrogens (tertiary/aromatic N) is 5. The molecule has 6 rings (SSSR count). The number of aromatic nitrogens is 1. The van der Waals surface area contributed by atoms with E-state index in [-0.39, 0.29) is 5.91 Å². The van der Waals surface area contributed by atoms with Crippen molar-refractivity contribution in [3.8, 4) is 11.5 Å². The van der Waals surface area contributed by atoms with Crippen LogP contribution in [-0.4, -0.2) is 103 Å². The van der Waals surface area contributed by atoms with Gasteiger partial charge in [0.15, 0.2) is 0 Å². The second-order valence-electron chi connectivity index (χ2n) is 12.5. The Kier molecular flexibility index (Phi) is 9.65. The molecular formula is C37H47N5O2. The average molecular weight is 594 g/mol. The van der Waals surface area contributed by atoms with E-state index >= 15 is 0 Å². The molecule has 4 aromatic rings. The van der Waals surface area contributed by atoms with Crippen molar-refractivity contribution in [3.63, 3.8) is 0 Å². The summed E-state index contributed by atoms with van der Waals surface area (Å²) in [5.41, 5.74) is 5.93. The van der Waals surface area contributed by atoms with Crippen LogP contribution in [0.3, 0.4) is 0 Å². The van der Waals surface area contributed by atoms with Crippen molar-refractivity contribution in [2.75, 3.05) is 72.5 Å². The number of piperazine rings is 2. The zero-order valence-corrected chi connectivity index (χ0v) is 26.7. The summed E-state index contributed by atoms with van der Waals surface area (Å²) in [6, 6.07) is 24.6. The highest BCUT2D eigenvalue weighted by Crippen LogP contribution is 2.31. The molecule has 0 N–H and O–H groups in total. The maximum Gasteiger partial charge on any atom is 0.254 e. The molecule has 0 atom stereocenters. The van der Waals surface area contributed by atoms with Crippen LogP contribution in [0.15, 0.2) is 72.8 Å². The van der Waals surface area contributed by atoms with Crippen LogP contribution in [0.5, 0.6) is 11.5 Å². The minimum atomic E-state index is 0.0775. The molecule has 0 aliphatic carbocycles. The van der Waals surface area contributed by atoms with Gasteiger partial charge in [0.05, 0.1) is 0 Å². The second kappa shape index (κ2) is 14.0. The van der Waals surface area contributed by atoms with Gasteiger partial charge in [-0.15, -0.1) is 0 Å². The van der Waals surface area contributed by atoms with E-state index in [1.54, 1.807) is 0 Å². The Morgan fingerprint density at radius 2 is 1.43 bits per heavy atom. The van der Waals surface area contributed by atoms with E-state index < -0.39 is 0 Å². The third kappa shape index (κ3) is 7.17. The first-order chi connectivity index (χ1) is 21.4. The van der Waals surface area contributed by atoms with Crippen LogP contribution < -0.4 is 4.74 Å². The van der Waals surface area contributed by atoms with Crippen LogP contribution in [0, 0.1) is 13.8 Å². The molecule has 3 heterocycles. The minimum absolute atomic E-state index is 0.0775. The Balaban J connectivity index is 1.05. The first kappa shape index (κ1) is 30.4. The van der Waals surface area contributed by atoms with Crippen molar-refractivity contribution in [1.29, 1.82) is 0 Å². The highest BCUT2D eigenvalue weighted by Gasteiger charge is 2.22. The van der Waals surface area contributed by atoms with Crippen molar-refractivity contribution in [2.45, 2.75) is 33.2 Å². The average Bonchev–Trinajstić information content (AvgIpc) is 3.29. The number of benzene rings is 3. The summed E-state index contributed by atoms with van der Waals surface area (Å²) in [6.07, 6.45) is 2.19. The predicted octanol–water partition coefficient (Wildman–Crippen LogP) is 5.69. The van der Waals surface area contributed by atoms with Crippen molar-refractivity contribution >= 4 is 16.8 Å². The summed E-state index contributed by atoms with van der Waals surface area (Å²) in [5.74, 6) is 1.57. The van der Waals surface area contributed by atoms with Crippen LogP contribution >= 0.6 is 0 Å². The van der Waals surface area contributed by atoms with Gasteiger partial charge in [0.1, 0.15) is 11.5 Å². The topological polar surface area (TPSA) is 44.2 Å². The normalized spacial score (nSPS) is 16.9. The largest absolute Gasteiger partial charge is 0.457 e. The molecule has 0 radical (unpaired) electrons. The molecule has 2 fully saturated rings. The fourth-order valence-electron chi connectivity index (χ4n) is 6.62. The SMILES string of the molecule is Cc1c(C)n(CCCN2CCN(C)CC2)c2ccc(Oc3cccc(C(=O)N4CCN(CCc5ccccc5)CC4)c3)cc12. The zero-order chi connectivity index (χ0) is 30.5. The Bertz CT molecular complexity index is 1550. The van der Waals surface area contributed by atoms with Crippen LogP contribution in [-0.2, 0) is 13.0 Å². The summed E-state index contributed by atoms with van der Waals surface area (Å²) in [4.78, 5) is 22.8. The number of carbonyl (C=O) groups excluding carboxylic acids is 1. The number of carbonyl (C=O) groups is 1. The lowest BCUT2D eigenvalue weighted by Crippen LogP contribution is -2.49. The fraction of sp³-hybridized carbons (Fsp3) is 0.432. The quantitative estimate of drug-likeness (QED) is 0.237. The summed E-state index contributed by atoms with van der Waals surface area (Å²) in [7, 11) is 2.21. The maximum absolute atomic E-state index is 13.4. The molecule has 2 aliphatic heterocycles. The first-order valence-corrected chi connectivity index (χ1v) is 16.3. The zero-order valence-electron chi connectivity index (χ0n) is 26.7. The molecule has 7 heteroatoms. The highest BCUT2D eigenvalue weighted by molar-refractivity contribution is 5.94. The Morgan fingerprint density at radius 3 is 2.20 bits per heavy atom. The van der Waals surface area contributed by atoms with Gasteiger partial charge < -0.3 is 24.0 Å². The molecule has 0 unspecified atom stereocenters. The molecule has 44 heavy (non-hydrogen) atoms. The van der Waals surface area contributed by atoms with Crippen molar-refractivity contribution in [3.05, 3.63) is 95.2 Å². The summed E-state index contributed by atoms with van der Waals surface area (Å²) < 4.78 is 8.79. The predicted molar refractivity (Wildman–Crippen MR) is 179 cm³/mol. The molecule has 232 valence electrons.